The van der Waals surface area contributed by atoms with Crippen molar-refractivity contribution in [2.24, 2.45) is 0 Å². The van der Waals surface area contributed by atoms with E-state index in [2.05, 4.69) is 4.98 Å². The number of carbonyl (C=O) groups excluding carboxylic acids is 1. The van der Waals surface area contributed by atoms with Gasteiger partial charge < -0.3 is 4.90 Å². The molecule has 122 valence electrons. The Balaban J connectivity index is 1.86. The van der Waals surface area contributed by atoms with E-state index in [1.807, 2.05) is 17.5 Å². The van der Waals surface area contributed by atoms with Gasteiger partial charge in [-0.1, -0.05) is 6.07 Å². The molecule has 1 atom stereocenters. The summed E-state index contributed by atoms with van der Waals surface area (Å²) < 4.78 is 24.0. The first kappa shape index (κ1) is 16.1. The van der Waals surface area contributed by atoms with Gasteiger partial charge in [0.25, 0.3) is 5.91 Å². The second kappa shape index (κ2) is 6.41. The van der Waals surface area contributed by atoms with Crippen molar-refractivity contribution in [3.05, 3.63) is 46.4 Å². The zero-order valence-corrected chi connectivity index (χ0v) is 14.4. The van der Waals surface area contributed by atoms with Gasteiger partial charge in [-0.25, -0.2) is 8.42 Å². The number of sulfone groups is 1. The quantitative estimate of drug-likeness (QED) is 0.853. The van der Waals surface area contributed by atoms with Gasteiger partial charge in [0.1, 0.15) is 0 Å². The SMILES string of the molecule is CS(=O)(=O)c1cccnc1[C@H]1CCCN(C(=O)c2cccs2)C1. The van der Waals surface area contributed by atoms with Crippen molar-refractivity contribution in [3.63, 3.8) is 0 Å². The zero-order valence-electron chi connectivity index (χ0n) is 12.8. The first-order valence-corrected chi connectivity index (χ1v) is 10.2. The molecule has 0 N–H and O–H groups in total. The smallest absolute Gasteiger partial charge is 0.263 e. The van der Waals surface area contributed by atoms with Gasteiger partial charge in [0, 0.05) is 31.5 Å². The second-order valence-electron chi connectivity index (χ2n) is 5.73. The van der Waals surface area contributed by atoms with Gasteiger partial charge in [-0.2, -0.15) is 0 Å². The number of hydrogen-bond acceptors (Lipinski definition) is 5. The molecule has 0 aromatic carbocycles. The molecule has 2 aromatic heterocycles. The Hall–Kier alpha value is -1.73. The largest absolute Gasteiger partial charge is 0.337 e. The molecule has 0 saturated carbocycles. The van der Waals surface area contributed by atoms with Crippen LogP contribution in [0.25, 0.3) is 0 Å². The fourth-order valence-corrected chi connectivity index (χ4v) is 4.58. The van der Waals surface area contributed by atoms with Crippen molar-refractivity contribution in [2.75, 3.05) is 19.3 Å². The molecule has 0 unspecified atom stereocenters. The Kier molecular flexibility index (Phi) is 4.50. The third-order valence-electron chi connectivity index (χ3n) is 4.03. The monoisotopic (exact) mass is 350 g/mol. The summed E-state index contributed by atoms with van der Waals surface area (Å²) in [5.74, 6) is -0.0277. The van der Waals surface area contributed by atoms with E-state index in [0.717, 1.165) is 17.7 Å². The van der Waals surface area contributed by atoms with Crippen molar-refractivity contribution in [1.82, 2.24) is 9.88 Å². The summed E-state index contributed by atoms with van der Waals surface area (Å²) in [7, 11) is -3.33. The Morgan fingerprint density at radius 1 is 1.35 bits per heavy atom. The number of carbonyl (C=O) groups is 1. The predicted octanol–water partition coefficient (Wildman–Crippen LogP) is 2.57. The average Bonchev–Trinajstić information content (AvgIpc) is 3.08. The minimum Gasteiger partial charge on any atom is -0.337 e. The molecule has 7 heteroatoms. The lowest BCUT2D eigenvalue weighted by atomic mass is 9.94. The number of nitrogens with zero attached hydrogens (tertiary/aromatic N) is 2. The number of piperidine rings is 1. The molecule has 3 rings (SSSR count). The van der Waals surface area contributed by atoms with Crippen LogP contribution in [0.1, 0.15) is 34.1 Å². The van der Waals surface area contributed by atoms with Gasteiger partial charge >= 0.3 is 0 Å². The van der Waals surface area contributed by atoms with Gasteiger partial charge in [0.05, 0.1) is 15.5 Å². The van der Waals surface area contributed by atoms with Gasteiger partial charge in [-0.05, 0) is 36.4 Å². The van der Waals surface area contributed by atoms with E-state index < -0.39 is 9.84 Å². The molecule has 0 radical (unpaired) electrons. The van der Waals surface area contributed by atoms with E-state index in [-0.39, 0.29) is 16.7 Å². The van der Waals surface area contributed by atoms with Crippen molar-refractivity contribution >= 4 is 27.1 Å². The van der Waals surface area contributed by atoms with E-state index in [4.69, 9.17) is 0 Å². The molecule has 1 aliphatic rings. The molecule has 5 nitrogen and oxygen atoms in total. The highest BCUT2D eigenvalue weighted by Gasteiger charge is 2.29. The van der Waals surface area contributed by atoms with E-state index in [9.17, 15) is 13.2 Å². The molecule has 1 fully saturated rings. The van der Waals surface area contributed by atoms with Crippen LogP contribution in [0.15, 0.2) is 40.7 Å². The molecule has 3 heterocycles. The molecular weight excluding hydrogens is 332 g/mol. The summed E-state index contributed by atoms with van der Waals surface area (Å²) in [5, 5.41) is 1.88. The standard InChI is InChI=1S/C16H18N2O3S2/c1-23(20,21)14-7-2-8-17-15(14)12-5-3-9-18(11-12)16(19)13-6-4-10-22-13/h2,4,6-8,10,12H,3,5,9,11H2,1H3/t12-/m0/s1. The van der Waals surface area contributed by atoms with Crippen molar-refractivity contribution in [3.8, 4) is 0 Å². The van der Waals surface area contributed by atoms with Crippen LogP contribution in [0.2, 0.25) is 0 Å². The van der Waals surface area contributed by atoms with E-state index in [1.54, 1.807) is 23.2 Å². The van der Waals surface area contributed by atoms with Crippen LogP contribution in [-0.2, 0) is 9.84 Å². The number of likely N-dealkylation sites (tertiary alicyclic amines) is 1. The van der Waals surface area contributed by atoms with Gasteiger partial charge in [0.15, 0.2) is 9.84 Å². The van der Waals surface area contributed by atoms with Crippen LogP contribution < -0.4 is 0 Å². The summed E-state index contributed by atoms with van der Waals surface area (Å²) in [4.78, 5) is 19.6. The van der Waals surface area contributed by atoms with Crippen LogP contribution >= 0.6 is 11.3 Å². The molecule has 1 amide bonds. The maximum Gasteiger partial charge on any atom is 0.263 e. The summed E-state index contributed by atoms with van der Waals surface area (Å²) in [6.45, 7) is 1.21. The van der Waals surface area contributed by atoms with Crippen LogP contribution in [0.5, 0.6) is 0 Å². The Morgan fingerprint density at radius 3 is 2.87 bits per heavy atom. The van der Waals surface area contributed by atoms with E-state index >= 15 is 0 Å². The summed E-state index contributed by atoms with van der Waals surface area (Å²) in [6, 6.07) is 6.91. The summed E-state index contributed by atoms with van der Waals surface area (Å²) in [5.41, 5.74) is 0.582. The maximum absolute atomic E-state index is 12.5. The first-order valence-electron chi connectivity index (χ1n) is 7.44. The lowest BCUT2D eigenvalue weighted by molar-refractivity contribution is 0.0710. The Morgan fingerprint density at radius 2 is 2.17 bits per heavy atom. The predicted molar refractivity (Wildman–Crippen MR) is 89.5 cm³/mol. The van der Waals surface area contributed by atoms with Gasteiger partial charge in [0.2, 0.25) is 0 Å². The highest BCUT2D eigenvalue weighted by Crippen LogP contribution is 2.30. The van der Waals surface area contributed by atoms with Gasteiger partial charge in [-0.3, -0.25) is 9.78 Å². The fourth-order valence-electron chi connectivity index (χ4n) is 2.96. The molecular formula is C16H18N2O3S2. The van der Waals surface area contributed by atoms with E-state index in [0.29, 0.717) is 18.8 Å². The van der Waals surface area contributed by atoms with Crippen molar-refractivity contribution < 1.29 is 13.2 Å². The third kappa shape index (κ3) is 3.45. The Bertz CT molecular complexity index is 800. The molecule has 2 aromatic rings. The first-order chi connectivity index (χ1) is 11.0. The van der Waals surface area contributed by atoms with E-state index in [1.165, 1.54) is 17.6 Å². The van der Waals surface area contributed by atoms with Crippen molar-refractivity contribution in [1.29, 1.82) is 0 Å². The number of aromatic nitrogens is 1. The lowest BCUT2D eigenvalue weighted by Gasteiger charge is -2.32. The number of amides is 1. The van der Waals surface area contributed by atoms with Crippen LogP contribution in [0.4, 0.5) is 0 Å². The third-order valence-corrected chi connectivity index (χ3v) is 6.03. The molecule has 1 aliphatic heterocycles. The summed E-state index contributed by atoms with van der Waals surface area (Å²) in [6.07, 6.45) is 4.50. The number of rotatable bonds is 3. The number of thiophene rings is 1. The van der Waals surface area contributed by atoms with Crippen LogP contribution in [0, 0.1) is 0 Å². The Labute approximate surface area is 139 Å². The highest BCUT2D eigenvalue weighted by molar-refractivity contribution is 7.90. The van der Waals surface area contributed by atoms with Crippen molar-refractivity contribution in [2.45, 2.75) is 23.7 Å². The minimum atomic E-state index is -3.33. The maximum atomic E-state index is 12.5. The van der Waals surface area contributed by atoms with Gasteiger partial charge in [-0.15, -0.1) is 11.3 Å². The lowest BCUT2D eigenvalue weighted by Crippen LogP contribution is -2.39. The zero-order chi connectivity index (χ0) is 16.4. The highest BCUT2D eigenvalue weighted by atomic mass is 32.2. The molecule has 0 bridgehead atoms. The average molecular weight is 350 g/mol. The topological polar surface area (TPSA) is 67.3 Å². The van der Waals surface area contributed by atoms with Crippen LogP contribution in [-0.4, -0.2) is 43.6 Å². The molecule has 23 heavy (non-hydrogen) atoms. The number of pyridine rings is 1. The minimum absolute atomic E-state index is 0.0153. The fraction of sp³-hybridized carbons (Fsp3) is 0.375. The number of hydrogen-bond donors (Lipinski definition) is 0. The molecule has 0 spiro atoms. The normalized spacial score (nSPS) is 18.8. The molecule has 1 saturated heterocycles. The molecule has 0 aliphatic carbocycles. The summed E-state index contributed by atoms with van der Waals surface area (Å²) >= 11 is 1.43. The second-order valence-corrected chi connectivity index (χ2v) is 8.66. The van der Waals surface area contributed by atoms with Crippen LogP contribution in [0.3, 0.4) is 0 Å².